The number of carbonyl (C=O) groups is 1. The number of benzene rings is 2. The zero-order chi connectivity index (χ0) is 27.1. The summed E-state index contributed by atoms with van der Waals surface area (Å²) in [5.41, 5.74) is 0.391. The summed E-state index contributed by atoms with van der Waals surface area (Å²) in [6.45, 7) is 4.69. The van der Waals surface area contributed by atoms with Crippen molar-refractivity contribution >= 4 is 56.4 Å². The maximum atomic E-state index is 12.9. The van der Waals surface area contributed by atoms with Crippen molar-refractivity contribution in [1.29, 1.82) is 0 Å². The van der Waals surface area contributed by atoms with Crippen molar-refractivity contribution in [1.82, 2.24) is 15.2 Å². The van der Waals surface area contributed by atoms with Crippen molar-refractivity contribution in [2.75, 3.05) is 44.1 Å². The van der Waals surface area contributed by atoms with Crippen LogP contribution >= 0.6 is 34.8 Å². The molecule has 0 atom stereocenters. The molecule has 4 rings (SSSR count). The van der Waals surface area contributed by atoms with Gasteiger partial charge in [-0.05, 0) is 55.4 Å². The molecule has 2 heterocycles. The van der Waals surface area contributed by atoms with Gasteiger partial charge in [0.25, 0.3) is 15.9 Å². The van der Waals surface area contributed by atoms with E-state index >= 15 is 0 Å². The molecule has 0 unspecified atom stereocenters. The molecule has 0 bridgehead atoms. The molecule has 0 radical (unpaired) electrons. The minimum atomic E-state index is -4.07. The van der Waals surface area contributed by atoms with Gasteiger partial charge in [0.05, 0.1) is 33.2 Å². The van der Waals surface area contributed by atoms with E-state index in [9.17, 15) is 13.2 Å². The summed E-state index contributed by atoms with van der Waals surface area (Å²) < 4.78 is 39.5. The van der Waals surface area contributed by atoms with Crippen molar-refractivity contribution in [2.24, 2.45) is 0 Å². The van der Waals surface area contributed by atoms with E-state index in [2.05, 4.69) is 19.9 Å². The molecule has 9 nitrogen and oxygen atoms in total. The fraction of sp³-hybridized carbons (Fsp3) is 0.280. The summed E-state index contributed by atoms with van der Waals surface area (Å²) in [5, 5.41) is 3.41. The number of ether oxygens (including phenoxy) is 2. The van der Waals surface area contributed by atoms with Crippen LogP contribution in [0.1, 0.15) is 16.8 Å². The van der Waals surface area contributed by atoms with Gasteiger partial charge in [0.1, 0.15) is 11.4 Å². The molecule has 0 aliphatic carbocycles. The molecule has 1 amide bonds. The fourth-order valence-corrected chi connectivity index (χ4v) is 5.27. The lowest BCUT2D eigenvalue weighted by Crippen LogP contribution is -2.38. The molecule has 1 saturated heterocycles. The molecule has 2 N–H and O–H groups in total. The highest BCUT2D eigenvalue weighted by atomic mass is 35.5. The molecule has 1 aliphatic heterocycles. The molecule has 3 aromatic rings. The topological polar surface area (TPSA) is 110 Å². The molecule has 1 fully saturated rings. The number of hydrogen-bond donors (Lipinski definition) is 2. The number of amides is 1. The van der Waals surface area contributed by atoms with Gasteiger partial charge in [0.15, 0.2) is 0 Å². The molecule has 1 aromatic heterocycles. The van der Waals surface area contributed by atoms with Crippen LogP contribution in [0.25, 0.3) is 0 Å². The van der Waals surface area contributed by atoms with Gasteiger partial charge >= 0.3 is 0 Å². The van der Waals surface area contributed by atoms with E-state index in [0.717, 1.165) is 39.3 Å². The zero-order valence-corrected chi connectivity index (χ0v) is 23.2. The third-order valence-electron chi connectivity index (χ3n) is 5.61. The number of morpholine rings is 1. The smallest absolute Gasteiger partial charge is 0.262 e. The van der Waals surface area contributed by atoms with Gasteiger partial charge in [0.2, 0.25) is 5.88 Å². The number of nitrogens with zero attached hydrogens (tertiary/aromatic N) is 2. The van der Waals surface area contributed by atoms with Gasteiger partial charge in [-0.25, -0.2) is 13.4 Å². The first-order valence-electron chi connectivity index (χ1n) is 11.7. The van der Waals surface area contributed by atoms with E-state index in [1.807, 2.05) is 0 Å². The number of nitrogens with one attached hydrogen (secondary N) is 2. The first kappa shape index (κ1) is 28.4. The Hall–Kier alpha value is -2.60. The summed E-state index contributed by atoms with van der Waals surface area (Å²) in [6, 6.07) is 11.8. The average molecular weight is 600 g/mol. The number of anilines is 1. The lowest BCUT2D eigenvalue weighted by molar-refractivity contribution is 0.0374. The van der Waals surface area contributed by atoms with E-state index in [4.69, 9.17) is 44.3 Å². The Morgan fingerprint density at radius 1 is 1.05 bits per heavy atom. The summed E-state index contributed by atoms with van der Waals surface area (Å²) in [5.74, 6) is -0.0149. The van der Waals surface area contributed by atoms with Gasteiger partial charge in [-0.15, -0.1) is 0 Å². The second-order valence-electron chi connectivity index (χ2n) is 8.38. The molecule has 202 valence electrons. The van der Waals surface area contributed by atoms with Crippen molar-refractivity contribution in [2.45, 2.75) is 11.3 Å². The lowest BCUT2D eigenvalue weighted by atomic mass is 10.2. The van der Waals surface area contributed by atoms with E-state index in [-0.39, 0.29) is 43.2 Å². The molecule has 1 aliphatic rings. The quantitative estimate of drug-likeness (QED) is 0.313. The standard InChI is InChI=1S/C25H25Cl3N4O5S/c26-18-14-23(31-38(34,35)20-5-6-21(27)22(28)15-20)25(30-16-18)37-19-4-1-3-17(13-19)24(33)29-7-2-8-32-9-11-36-12-10-32/h1,3-6,13-16,31H,2,7-12H2,(H,29,33). The minimum Gasteiger partial charge on any atom is -0.437 e. The second-order valence-corrected chi connectivity index (χ2v) is 11.3. The lowest BCUT2D eigenvalue weighted by Gasteiger charge is -2.26. The summed E-state index contributed by atoms with van der Waals surface area (Å²) in [4.78, 5) is 19.0. The highest BCUT2D eigenvalue weighted by Gasteiger charge is 2.20. The fourth-order valence-electron chi connectivity index (χ4n) is 3.67. The monoisotopic (exact) mass is 598 g/mol. The number of halogens is 3. The summed E-state index contributed by atoms with van der Waals surface area (Å²) in [7, 11) is -4.07. The minimum absolute atomic E-state index is 0.00143. The van der Waals surface area contributed by atoms with Gasteiger partial charge < -0.3 is 14.8 Å². The Morgan fingerprint density at radius 3 is 2.61 bits per heavy atom. The Kier molecular flexibility index (Phi) is 9.69. The van der Waals surface area contributed by atoms with Crippen LogP contribution in [0.15, 0.2) is 59.6 Å². The average Bonchev–Trinajstić information content (AvgIpc) is 2.90. The second kappa shape index (κ2) is 13.0. The number of sulfonamides is 1. The van der Waals surface area contributed by atoms with Crippen LogP contribution in [0.2, 0.25) is 15.1 Å². The van der Waals surface area contributed by atoms with Crippen molar-refractivity contribution in [3.8, 4) is 11.6 Å². The maximum absolute atomic E-state index is 12.9. The Balaban J connectivity index is 1.42. The third kappa shape index (κ3) is 7.72. The summed E-state index contributed by atoms with van der Waals surface area (Å²) >= 11 is 17.9. The van der Waals surface area contributed by atoms with Crippen molar-refractivity contribution < 1.29 is 22.7 Å². The largest absolute Gasteiger partial charge is 0.437 e. The molecule has 0 spiro atoms. The van der Waals surface area contributed by atoms with E-state index in [1.54, 1.807) is 24.3 Å². The molecular weight excluding hydrogens is 575 g/mol. The van der Waals surface area contributed by atoms with Crippen LogP contribution in [0.5, 0.6) is 11.6 Å². The molecule has 13 heteroatoms. The number of pyridine rings is 1. The van der Waals surface area contributed by atoms with Crippen LogP contribution < -0.4 is 14.8 Å². The zero-order valence-electron chi connectivity index (χ0n) is 20.1. The van der Waals surface area contributed by atoms with Crippen LogP contribution in [-0.4, -0.2) is 63.6 Å². The number of aromatic nitrogens is 1. The normalized spacial score (nSPS) is 14.2. The molecule has 38 heavy (non-hydrogen) atoms. The van der Waals surface area contributed by atoms with E-state index < -0.39 is 10.0 Å². The van der Waals surface area contributed by atoms with Crippen LogP contribution in [-0.2, 0) is 14.8 Å². The first-order valence-corrected chi connectivity index (χ1v) is 14.3. The molecular formula is C25H25Cl3N4O5S. The van der Waals surface area contributed by atoms with Crippen molar-refractivity contribution in [3.63, 3.8) is 0 Å². The van der Waals surface area contributed by atoms with E-state index in [0.29, 0.717) is 12.1 Å². The summed E-state index contributed by atoms with van der Waals surface area (Å²) in [6.07, 6.45) is 2.14. The Labute approximate surface area is 236 Å². The third-order valence-corrected chi connectivity index (χ3v) is 7.92. The van der Waals surface area contributed by atoms with Crippen molar-refractivity contribution in [3.05, 3.63) is 75.4 Å². The Morgan fingerprint density at radius 2 is 1.84 bits per heavy atom. The van der Waals surface area contributed by atoms with Gasteiger partial charge in [-0.3, -0.25) is 14.4 Å². The van der Waals surface area contributed by atoms with E-state index in [1.165, 1.54) is 30.5 Å². The van der Waals surface area contributed by atoms with Crippen LogP contribution in [0.3, 0.4) is 0 Å². The number of hydrogen-bond acceptors (Lipinski definition) is 7. The van der Waals surface area contributed by atoms with Gasteiger partial charge in [0, 0.05) is 31.4 Å². The van der Waals surface area contributed by atoms with Crippen LogP contribution in [0, 0.1) is 0 Å². The van der Waals surface area contributed by atoms with Gasteiger partial charge in [-0.2, -0.15) is 0 Å². The van der Waals surface area contributed by atoms with Crippen LogP contribution in [0.4, 0.5) is 5.69 Å². The SMILES string of the molecule is O=C(NCCCN1CCOCC1)c1cccc(Oc2ncc(Cl)cc2NS(=O)(=O)c2ccc(Cl)c(Cl)c2)c1. The first-order chi connectivity index (χ1) is 18.2. The Bertz CT molecular complexity index is 1400. The predicted octanol–water partition coefficient (Wildman–Crippen LogP) is 5.09. The molecule has 0 saturated carbocycles. The predicted molar refractivity (Wildman–Crippen MR) is 147 cm³/mol. The maximum Gasteiger partial charge on any atom is 0.262 e. The van der Waals surface area contributed by atoms with Gasteiger partial charge in [-0.1, -0.05) is 40.9 Å². The highest BCUT2D eigenvalue weighted by Crippen LogP contribution is 2.32. The number of rotatable bonds is 10. The number of carbonyl (C=O) groups excluding carboxylic acids is 1. The molecule has 2 aromatic carbocycles. The highest BCUT2D eigenvalue weighted by molar-refractivity contribution is 7.92.